The molecule has 4 nitrogen and oxygen atoms in total. The Kier molecular flexibility index (Phi) is 2.97. The summed E-state index contributed by atoms with van der Waals surface area (Å²) in [6.07, 6.45) is 0. The van der Waals surface area contributed by atoms with Crippen LogP contribution in [0.25, 0.3) is 0 Å². The van der Waals surface area contributed by atoms with E-state index in [-0.39, 0.29) is 0 Å². The Labute approximate surface area is 77.3 Å². The van der Waals surface area contributed by atoms with Gasteiger partial charge >= 0.3 is 0 Å². The number of nitrogens with zero attached hydrogens (tertiary/aromatic N) is 1. The molecule has 0 aromatic heterocycles. The van der Waals surface area contributed by atoms with Gasteiger partial charge in [0.15, 0.2) is 0 Å². The summed E-state index contributed by atoms with van der Waals surface area (Å²) < 4.78 is 10.0. The van der Waals surface area contributed by atoms with Crippen LogP contribution in [-0.4, -0.2) is 21.3 Å². The lowest BCUT2D eigenvalue weighted by atomic mass is 10.3. The smallest absolute Gasteiger partial charge is 0.124 e. The van der Waals surface area contributed by atoms with Crippen molar-refractivity contribution in [3.05, 3.63) is 23.4 Å². The summed E-state index contributed by atoms with van der Waals surface area (Å²) in [6.45, 7) is 0. The molecule has 13 heavy (non-hydrogen) atoms. The largest absolute Gasteiger partial charge is 0.758 e. The Balaban J connectivity index is 3.07. The average molecular weight is 182 g/mol. The summed E-state index contributed by atoms with van der Waals surface area (Å²) >= 11 is 0. The number of hydroxylamine groups is 1. The molecule has 0 atom stereocenters. The van der Waals surface area contributed by atoms with E-state index in [0.717, 1.165) is 5.06 Å². The van der Waals surface area contributed by atoms with Gasteiger partial charge in [-0.25, -0.2) is 0 Å². The highest BCUT2D eigenvalue weighted by molar-refractivity contribution is 5.55. The molecule has 0 fully saturated rings. The third-order valence-electron chi connectivity index (χ3n) is 1.70. The fourth-order valence-electron chi connectivity index (χ4n) is 0.974. The molecule has 0 saturated carbocycles. The van der Waals surface area contributed by atoms with E-state index in [0.29, 0.717) is 17.2 Å². The number of rotatable bonds is 3. The van der Waals surface area contributed by atoms with Crippen molar-refractivity contribution < 1.29 is 9.47 Å². The monoisotopic (exact) mass is 182 g/mol. The average Bonchev–Trinajstić information content (AvgIpc) is 2.16. The highest BCUT2D eigenvalue weighted by Gasteiger charge is 2.00. The van der Waals surface area contributed by atoms with Gasteiger partial charge in [-0.05, 0) is 7.05 Å². The zero-order valence-electron chi connectivity index (χ0n) is 7.90. The van der Waals surface area contributed by atoms with E-state index in [1.807, 2.05) is 0 Å². The van der Waals surface area contributed by atoms with Crippen LogP contribution in [0.5, 0.6) is 11.5 Å². The van der Waals surface area contributed by atoms with E-state index in [4.69, 9.17) is 9.47 Å². The first-order chi connectivity index (χ1) is 6.17. The minimum atomic E-state index is 0.510. The van der Waals surface area contributed by atoms with E-state index in [2.05, 4.69) is 0 Å². The Morgan fingerprint density at radius 3 is 1.85 bits per heavy atom. The van der Waals surface area contributed by atoms with Crippen LogP contribution in [0.15, 0.2) is 18.2 Å². The van der Waals surface area contributed by atoms with Crippen LogP contribution in [0.3, 0.4) is 0 Å². The number of benzene rings is 1. The SMILES string of the molecule is COc1cc(OC)cc(N(C)[O-])c1. The van der Waals surface area contributed by atoms with Crippen molar-refractivity contribution >= 4 is 5.69 Å². The molecular weight excluding hydrogens is 170 g/mol. The second kappa shape index (κ2) is 4.00. The number of methoxy groups -OCH3 is 2. The molecule has 1 aromatic carbocycles. The fraction of sp³-hybridized carbons (Fsp3) is 0.333. The van der Waals surface area contributed by atoms with Crippen LogP contribution in [0, 0.1) is 5.21 Å². The molecule has 0 heterocycles. The molecule has 0 radical (unpaired) electrons. The van der Waals surface area contributed by atoms with Gasteiger partial charge in [-0.1, -0.05) is 0 Å². The lowest BCUT2D eigenvalue weighted by Crippen LogP contribution is -2.06. The molecule has 1 aromatic rings. The molecule has 0 bridgehead atoms. The van der Waals surface area contributed by atoms with Crippen molar-refractivity contribution in [2.45, 2.75) is 0 Å². The molecular formula is C9H12NO3-. The summed E-state index contributed by atoms with van der Waals surface area (Å²) in [5.74, 6) is 1.22. The van der Waals surface area contributed by atoms with Crippen molar-refractivity contribution in [2.75, 3.05) is 26.3 Å². The predicted octanol–water partition coefficient (Wildman–Crippen LogP) is 1.64. The molecule has 0 spiro atoms. The quantitative estimate of drug-likeness (QED) is 0.666. The van der Waals surface area contributed by atoms with Crippen LogP contribution in [0.4, 0.5) is 5.69 Å². The summed E-state index contributed by atoms with van der Waals surface area (Å²) in [5, 5.41) is 11.7. The van der Waals surface area contributed by atoms with Crippen molar-refractivity contribution in [3.63, 3.8) is 0 Å². The maximum atomic E-state index is 11.0. The highest BCUT2D eigenvalue weighted by atomic mass is 16.5. The van der Waals surface area contributed by atoms with E-state index >= 15 is 0 Å². The van der Waals surface area contributed by atoms with E-state index in [9.17, 15) is 5.21 Å². The van der Waals surface area contributed by atoms with Crippen molar-refractivity contribution in [3.8, 4) is 11.5 Å². The molecule has 0 unspecified atom stereocenters. The van der Waals surface area contributed by atoms with Crippen molar-refractivity contribution in [2.24, 2.45) is 0 Å². The number of anilines is 1. The Hall–Kier alpha value is -1.42. The van der Waals surface area contributed by atoms with Crippen LogP contribution in [-0.2, 0) is 0 Å². The normalized spacial score (nSPS) is 9.54. The third kappa shape index (κ3) is 2.26. The number of ether oxygens (including phenoxy) is 2. The first-order valence-corrected chi connectivity index (χ1v) is 3.81. The number of hydrogen-bond acceptors (Lipinski definition) is 4. The van der Waals surface area contributed by atoms with Gasteiger partial charge in [-0.15, -0.1) is 0 Å². The van der Waals surface area contributed by atoms with Gasteiger partial charge in [0.05, 0.1) is 14.2 Å². The maximum Gasteiger partial charge on any atom is 0.124 e. The van der Waals surface area contributed by atoms with E-state index in [1.165, 1.54) is 7.05 Å². The second-order valence-corrected chi connectivity index (χ2v) is 2.57. The lowest BCUT2D eigenvalue weighted by molar-refractivity contribution is 0.394. The second-order valence-electron chi connectivity index (χ2n) is 2.57. The van der Waals surface area contributed by atoms with Gasteiger partial charge < -0.3 is 19.7 Å². The van der Waals surface area contributed by atoms with Crippen LogP contribution in [0.2, 0.25) is 0 Å². The van der Waals surface area contributed by atoms with Gasteiger partial charge in [-0.3, -0.25) is 0 Å². The minimum absolute atomic E-state index is 0.510. The lowest BCUT2D eigenvalue weighted by Gasteiger charge is -2.25. The van der Waals surface area contributed by atoms with E-state index in [1.54, 1.807) is 32.4 Å². The summed E-state index contributed by atoms with van der Waals surface area (Å²) in [5.41, 5.74) is 0.510. The van der Waals surface area contributed by atoms with Gasteiger partial charge in [0.1, 0.15) is 11.5 Å². The maximum absolute atomic E-state index is 11.0. The van der Waals surface area contributed by atoms with Gasteiger partial charge in [0, 0.05) is 23.9 Å². The molecule has 0 amide bonds. The Morgan fingerprint density at radius 1 is 1.08 bits per heavy atom. The zero-order chi connectivity index (χ0) is 9.84. The molecule has 0 aliphatic heterocycles. The fourth-order valence-corrected chi connectivity index (χ4v) is 0.974. The van der Waals surface area contributed by atoms with E-state index < -0.39 is 0 Å². The van der Waals surface area contributed by atoms with Gasteiger partial charge in [0.2, 0.25) is 0 Å². The third-order valence-corrected chi connectivity index (χ3v) is 1.70. The molecule has 0 N–H and O–H groups in total. The predicted molar refractivity (Wildman–Crippen MR) is 51.3 cm³/mol. The Morgan fingerprint density at radius 2 is 1.54 bits per heavy atom. The van der Waals surface area contributed by atoms with Crippen molar-refractivity contribution in [1.29, 1.82) is 0 Å². The molecule has 72 valence electrons. The molecule has 0 aliphatic carbocycles. The Bertz CT molecular complexity index is 264. The first kappa shape index (κ1) is 9.67. The topological polar surface area (TPSA) is 44.8 Å². The van der Waals surface area contributed by atoms with Crippen LogP contribution < -0.4 is 14.5 Å². The molecule has 4 heteroatoms. The van der Waals surface area contributed by atoms with Gasteiger partial charge in [0.25, 0.3) is 0 Å². The molecule has 0 aliphatic rings. The summed E-state index contributed by atoms with van der Waals surface area (Å²) in [4.78, 5) is 0. The standard InChI is InChI=1S/C9H12NO3/c1-10(11)7-4-8(12-2)6-9(5-7)13-3/h4-6H,1-3H3/q-1. The summed E-state index contributed by atoms with van der Waals surface area (Å²) in [6, 6.07) is 5.01. The van der Waals surface area contributed by atoms with Crippen LogP contribution >= 0.6 is 0 Å². The van der Waals surface area contributed by atoms with Gasteiger partial charge in [-0.2, -0.15) is 0 Å². The highest BCUT2D eigenvalue weighted by Crippen LogP contribution is 2.27. The molecule has 0 saturated heterocycles. The van der Waals surface area contributed by atoms with Crippen LogP contribution in [0.1, 0.15) is 0 Å². The minimum Gasteiger partial charge on any atom is -0.758 e. The molecule has 1 rings (SSSR count). The zero-order valence-corrected chi connectivity index (χ0v) is 7.90. The summed E-state index contributed by atoms with van der Waals surface area (Å²) in [7, 11) is 4.51. The first-order valence-electron chi connectivity index (χ1n) is 3.81. The van der Waals surface area contributed by atoms with Crippen molar-refractivity contribution in [1.82, 2.24) is 0 Å². The number of hydrogen-bond donors (Lipinski definition) is 0.